The first-order chi connectivity index (χ1) is 14.9. The van der Waals surface area contributed by atoms with Gasteiger partial charge in [0, 0.05) is 30.2 Å². The Hall–Kier alpha value is -2.80. The Balaban J connectivity index is 1.56. The average Bonchev–Trinajstić information content (AvgIpc) is 3.45. The predicted molar refractivity (Wildman–Crippen MR) is 123 cm³/mol. The van der Waals surface area contributed by atoms with Gasteiger partial charge in [-0.2, -0.15) is 0 Å². The van der Waals surface area contributed by atoms with E-state index < -0.39 is 0 Å². The second-order valence-electron chi connectivity index (χ2n) is 8.04. The Morgan fingerprint density at radius 3 is 2.42 bits per heavy atom. The van der Waals surface area contributed by atoms with Gasteiger partial charge in [-0.05, 0) is 80.3 Å². The Bertz CT molecular complexity index is 1060. The molecule has 31 heavy (non-hydrogen) atoms. The van der Waals surface area contributed by atoms with Gasteiger partial charge in [-0.15, -0.1) is 0 Å². The van der Waals surface area contributed by atoms with Gasteiger partial charge >= 0.3 is 0 Å². The Labute approximate surface area is 186 Å². The highest BCUT2D eigenvalue weighted by Crippen LogP contribution is 2.34. The molecule has 2 aliphatic heterocycles. The molecule has 3 heterocycles. The summed E-state index contributed by atoms with van der Waals surface area (Å²) in [7, 11) is 0. The summed E-state index contributed by atoms with van der Waals surface area (Å²) < 4.78 is 2.15. The average molecular weight is 438 g/mol. The zero-order valence-corrected chi connectivity index (χ0v) is 19.0. The number of hydrogen-bond acceptors (Lipinski definition) is 4. The van der Waals surface area contributed by atoms with Gasteiger partial charge in [0.05, 0.1) is 4.91 Å². The quantitative estimate of drug-likeness (QED) is 0.654. The topological polar surface area (TPSA) is 62.6 Å². The van der Waals surface area contributed by atoms with Gasteiger partial charge in [0.1, 0.15) is 6.54 Å². The van der Waals surface area contributed by atoms with Crippen LogP contribution in [0.3, 0.4) is 0 Å². The van der Waals surface area contributed by atoms with Crippen molar-refractivity contribution in [3.8, 4) is 5.69 Å². The maximum absolute atomic E-state index is 12.9. The molecule has 162 valence electrons. The van der Waals surface area contributed by atoms with Crippen LogP contribution in [-0.4, -0.2) is 51.1 Å². The third-order valence-electron chi connectivity index (χ3n) is 5.99. The molecule has 0 bridgehead atoms. The SMILES string of the molecule is CCc1ccc(-n2c(C)cc(/C=C3/SC(=O)N(CC(=O)N4CCCC4)C3=O)c2C)cc1. The summed E-state index contributed by atoms with van der Waals surface area (Å²) in [5.74, 6) is -0.547. The molecule has 6 nitrogen and oxygen atoms in total. The summed E-state index contributed by atoms with van der Waals surface area (Å²) >= 11 is 0.904. The zero-order chi connectivity index (χ0) is 22.1. The minimum absolute atomic E-state index is 0.158. The number of hydrogen-bond donors (Lipinski definition) is 0. The number of carbonyl (C=O) groups is 3. The number of thioether (sulfide) groups is 1. The highest BCUT2D eigenvalue weighted by Gasteiger charge is 2.37. The third kappa shape index (κ3) is 4.19. The molecule has 3 amide bonds. The number of rotatable bonds is 5. The molecule has 0 unspecified atom stereocenters. The molecule has 0 saturated carbocycles. The van der Waals surface area contributed by atoms with Crippen molar-refractivity contribution < 1.29 is 14.4 Å². The summed E-state index contributed by atoms with van der Waals surface area (Å²) in [4.78, 5) is 40.8. The third-order valence-corrected chi connectivity index (χ3v) is 6.89. The summed E-state index contributed by atoms with van der Waals surface area (Å²) in [6.45, 7) is 7.40. The lowest BCUT2D eigenvalue weighted by molar-refractivity contribution is -0.135. The van der Waals surface area contributed by atoms with Crippen molar-refractivity contribution in [3.63, 3.8) is 0 Å². The van der Waals surface area contributed by atoms with Crippen molar-refractivity contribution in [2.24, 2.45) is 0 Å². The largest absolute Gasteiger partial charge is 0.341 e. The van der Waals surface area contributed by atoms with Crippen molar-refractivity contribution in [2.75, 3.05) is 19.6 Å². The van der Waals surface area contributed by atoms with Crippen molar-refractivity contribution in [2.45, 2.75) is 40.0 Å². The molecule has 1 aromatic heterocycles. The molecule has 2 aliphatic rings. The highest BCUT2D eigenvalue weighted by atomic mass is 32.2. The van der Waals surface area contributed by atoms with Crippen LogP contribution in [0.25, 0.3) is 11.8 Å². The Morgan fingerprint density at radius 1 is 1.10 bits per heavy atom. The van der Waals surface area contributed by atoms with Gasteiger partial charge < -0.3 is 9.47 Å². The molecule has 4 rings (SSSR count). The lowest BCUT2D eigenvalue weighted by Gasteiger charge is -2.18. The number of imide groups is 1. The van der Waals surface area contributed by atoms with E-state index in [-0.39, 0.29) is 23.6 Å². The van der Waals surface area contributed by atoms with E-state index in [4.69, 9.17) is 0 Å². The number of amides is 3. The molecule has 1 aromatic carbocycles. The number of aryl methyl sites for hydroxylation is 2. The van der Waals surface area contributed by atoms with Crippen molar-refractivity contribution >= 4 is 34.9 Å². The van der Waals surface area contributed by atoms with Gasteiger partial charge in [0.2, 0.25) is 5.91 Å². The van der Waals surface area contributed by atoms with Gasteiger partial charge in [0.15, 0.2) is 0 Å². The minimum atomic E-state index is -0.389. The maximum Gasteiger partial charge on any atom is 0.294 e. The van der Waals surface area contributed by atoms with Crippen LogP contribution in [0.4, 0.5) is 4.79 Å². The lowest BCUT2D eigenvalue weighted by atomic mass is 10.1. The van der Waals surface area contributed by atoms with Gasteiger partial charge in [-0.25, -0.2) is 0 Å². The van der Waals surface area contributed by atoms with E-state index >= 15 is 0 Å². The van der Waals surface area contributed by atoms with Gasteiger partial charge in [-0.1, -0.05) is 19.1 Å². The van der Waals surface area contributed by atoms with Crippen LogP contribution in [0.5, 0.6) is 0 Å². The van der Waals surface area contributed by atoms with E-state index in [1.165, 1.54) is 5.56 Å². The fraction of sp³-hybridized carbons (Fsp3) is 0.375. The molecule has 2 aromatic rings. The smallest absolute Gasteiger partial charge is 0.294 e. The number of carbonyl (C=O) groups excluding carboxylic acids is 3. The summed E-state index contributed by atoms with van der Waals surface area (Å²) in [6, 6.07) is 10.5. The second kappa shape index (κ2) is 8.75. The first-order valence-corrected chi connectivity index (χ1v) is 11.5. The fourth-order valence-corrected chi connectivity index (χ4v) is 5.02. The van der Waals surface area contributed by atoms with Crippen molar-refractivity contribution in [3.05, 3.63) is 57.8 Å². The van der Waals surface area contributed by atoms with Crippen LogP contribution in [-0.2, 0) is 16.0 Å². The lowest BCUT2D eigenvalue weighted by Crippen LogP contribution is -2.40. The van der Waals surface area contributed by atoms with Crippen molar-refractivity contribution in [1.82, 2.24) is 14.4 Å². The molecular weight excluding hydrogens is 410 g/mol. The van der Waals surface area contributed by atoms with E-state index in [9.17, 15) is 14.4 Å². The first kappa shape index (κ1) is 21.4. The van der Waals surface area contributed by atoms with E-state index in [0.29, 0.717) is 18.0 Å². The molecule has 2 fully saturated rings. The van der Waals surface area contributed by atoms with E-state index in [1.54, 1.807) is 11.0 Å². The number of likely N-dealkylation sites (tertiary alicyclic amines) is 1. The normalized spacial score (nSPS) is 18.0. The van der Waals surface area contributed by atoms with Crippen LogP contribution >= 0.6 is 11.8 Å². The van der Waals surface area contributed by atoms with Crippen LogP contribution in [0.1, 0.15) is 42.3 Å². The monoisotopic (exact) mass is 437 g/mol. The standard InChI is InChI=1S/C24H27N3O3S/c1-4-18-7-9-20(10-8-18)27-16(2)13-19(17(27)3)14-21-23(29)26(24(30)31-21)15-22(28)25-11-5-6-12-25/h7-10,13-14H,4-6,11-12,15H2,1-3H3/b21-14+. The van der Waals surface area contributed by atoms with Gasteiger partial charge in [-0.3, -0.25) is 19.3 Å². The Kier molecular flexibility index (Phi) is 6.05. The molecule has 0 spiro atoms. The number of aromatic nitrogens is 1. The first-order valence-electron chi connectivity index (χ1n) is 10.7. The van der Waals surface area contributed by atoms with E-state index in [2.05, 4.69) is 35.8 Å². The second-order valence-corrected chi connectivity index (χ2v) is 9.03. The molecule has 0 aliphatic carbocycles. The number of nitrogens with zero attached hydrogens (tertiary/aromatic N) is 3. The summed E-state index contributed by atoms with van der Waals surface area (Å²) in [5, 5.41) is -0.382. The summed E-state index contributed by atoms with van der Waals surface area (Å²) in [6.07, 6.45) is 4.71. The van der Waals surface area contributed by atoms with Gasteiger partial charge in [0.25, 0.3) is 11.1 Å². The molecule has 0 radical (unpaired) electrons. The fourth-order valence-electron chi connectivity index (χ4n) is 4.19. The van der Waals surface area contributed by atoms with Crippen LogP contribution < -0.4 is 0 Å². The molecule has 2 saturated heterocycles. The van der Waals surface area contributed by atoms with Crippen molar-refractivity contribution in [1.29, 1.82) is 0 Å². The minimum Gasteiger partial charge on any atom is -0.341 e. The van der Waals surface area contributed by atoms with Crippen LogP contribution in [0, 0.1) is 13.8 Å². The molecule has 0 atom stereocenters. The highest BCUT2D eigenvalue weighted by molar-refractivity contribution is 8.18. The number of benzene rings is 1. The van der Waals surface area contributed by atoms with Crippen LogP contribution in [0.15, 0.2) is 35.2 Å². The zero-order valence-electron chi connectivity index (χ0n) is 18.2. The van der Waals surface area contributed by atoms with E-state index in [1.807, 2.05) is 19.9 Å². The summed E-state index contributed by atoms with van der Waals surface area (Å²) in [5.41, 5.74) is 5.30. The van der Waals surface area contributed by atoms with Crippen LogP contribution in [0.2, 0.25) is 0 Å². The molecule has 7 heteroatoms. The molecular formula is C24H27N3O3S. The predicted octanol–water partition coefficient (Wildman–Crippen LogP) is 4.32. The maximum atomic E-state index is 12.9. The Morgan fingerprint density at radius 2 is 1.77 bits per heavy atom. The van der Waals surface area contributed by atoms with E-state index in [0.717, 1.165) is 58.6 Å². The molecule has 0 N–H and O–H groups in total.